The second-order valence-corrected chi connectivity index (χ2v) is 27.3. The molecule has 9 rings (SSSR count). The van der Waals surface area contributed by atoms with Crippen molar-refractivity contribution >= 4 is 93.1 Å². The van der Waals surface area contributed by atoms with E-state index in [4.69, 9.17) is 10.5 Å². The molecule has 0 unspecified atom stereocenters. The van der Waals surface area contributed by atoms with Crippen molar-refractivity contribution in [2.75, 3.05) is 33.3 Å². The van der Waals surface area contributed by atoms with E-state index in [1.165, 1.54) is 99.6 Å². The first kappa shape index (κ1) is 78.2. The molecular weight excluding hydrogens is 1370 g/mol. The van der Waals surface area contributed by atoms with Crippen LogP contribution in [-0.2, 0) is 72.0 Å². The van der Waals surface area contributed by atoms with E-state index in [1.54, 1.807) is 30.3 Å². The number of methoxy groups -OCH3 is 1. The van der Waals surface area contributed by atoms with Gasteiger partial charge in [-0.15, -0.1) is 0 Å². The number of H-pyrrole nitrogens is 1. The molecule has 0 spiro atoms. The fourth-order valence-corrected chi connectivity index (χ4v) is 13.6. The zero-order valence-corrected chi connectivity index (χ0v) is 59.0. The van der Waals surface area contributed by atoms with Gasteiger partial charge in [-0.05, 0) is 161 Å². The molecule has 4 aliphatic rings. The summed E-state index contributed by atoms with van der Waals surface area (Å²) in [5, 5.41) is 35.1. The largest absolute Gasteiger partial charge is 0.497 e. The minimum atomic E-state index is -1.92. The van der Waals surface area contributed by atoms with E-state index in [-0.39, 0.29) is 82.1 Å². The molecule has 1 aliphatic carbocycles. The van der Waals surface area contributed by atoms with Crippen molar-refractivity contribution in [2.24, 2.45) is 11.7 Å². The van der Waals surface area contributed by atoms with Crippen LogP contribution >= 0.6 is 0 Å². The van der Waals surface area contributed by atoms with Gasteiger partial charge in [0.1, 0.15) is 71.4 Å². The number of aromatic nitrogens is 1. The number of Topliss-reactive ketones (excluding diaryl/α,β-unsaturated/α-hetero) is 1. The van der Waals surface area contributed by atoms with Gasteiger partial charge in [0.2, 0.25) is 59.1 Å². The number of nitrogens with zero attached hydrogens (tertiary/aromatic N) is 2. The highest BCUT2D eigenvalue weighted by molar-refractivity contribution is 6.02. The zero-order chi connectivity index (χ0) is 76.1. The van der Waals surface area contributed by atoms with Crippen LogP contribution in [0.15, 0.2) is 97.2 Å². The van der Waals surface area contributed by atoms with Crippen LogP contribution in [-0.4, -0.2) is 196 Å². The van der Waals surface area contributed by atoms with Gasteiger partial charge < -0.3 is 78.2 Å². The lowest BCUT2D eigenvalue weighted by atomic mass is 9.90. The number of fused-ring (bicyclic) bond motifs is 6. The highest BCUT2D eigenvalue weighted by atomic mass is 19.1. The monoisotopic (exact) mass is 1460 g/mol. The van der Waals surface area contributed by atoms with E-state index in [9.17, 15) is 57.4 Å². The number of ether oxygens (including phenoxy) is 1. The Morgan fingerprint density at radius 1 is 0.733 bits per heavy atom. The summed E-state index contributed by atoms with van der Waals surface area (Å²) >= 11 is 0. The number of primary amides is 1. The third kappa shape index (κ3) is 19.5. The number of aliphatic hydroxyl groups is 1. The van der Waals surface area contributed by atoms with Gasteiger partial charge in [0.25, 0.3) is 11.8 Å². The van der Waals surface area contributed by atoms with Crippen LogP contribution in [0.3, 0.4) is 0 Å². The predicted octanol–water partition coefficient (Wildman–Crippen LogP) is 1.83. The normalized spacial score (nSPS) is 26.0. The number of alkyl halides is 1. The molecule has 2 fully saturated rings. The van der Waals surface area contributed by atoms with Crippen LogP contribution in [0.1, 0.15) is 129 Å². The summed E-state index contributed by atoms with van der Waals surface area (Å²) < 4.78 is 51.5. The molecule has 12 atom stereocenters. The van der Waals surface area contributed by atoms with Gasteiger partial charge in [0, 0.05) is 86.4 Å². The van der Waals surface area contributed by atoms with Gasteiger partial charge in [-0.2, -0.15) is 0 Å². The van der Waals surface area contributed by atoms with Gasteiger partial charge in [-0.3, -0.25) is 62.3 Å². The molecular formula is C74H88F3N13O15. The molecule has 2 saturated heterocycles. The molecule has 31 heteroatoms. The van der Waals surface area contributed by atoms with Gasteiger partial charge in [-0.1, -0.05) is 30.3 Å². The van der Waals surface area contributed by atoms with E-state index >= 15 is 23.2 Å². The highest BCUT2D eigenvalue weighted by Gasteiger charge is 2.50. The van der Waals surface area contributed by atoms with Crippen LogP contribution in [0, 0.1) is 17.6 Å². The van der Waals surface area contributed by atoms with Crippen molar-refractivity contribution in [3.05, 3.63) is 142 Å². The molecule has 1 aromatic heterocycles. The lowest BCUT2D eigenvalue weighted by Crippen LogP contribution is -2.64. The van der Waals surface area contributed by atoms with Crippen LogP contribution < -0.4 is 58.3 Å². The van der Waals surface area contributed by atoms with Crippen LogP contribution in [0.5, 0.6) is 5.75 Å². The molecule has 4 aromatic carbocycles. The molecule has 3 aliphatic heterocycles. The smallest absolute Gasteiger partial charge is 0.251 e. The highest BCUT2D eigenvalue weighted by Crippen LogP contribution is 2.35. The van der Waals surface area contributed by atoms with Crippen molar-refractivity contribution in [1.29, 1.82) is 0 Å². The summed E-state index contributed by atoms with van der Waals surface area (Å²) in [4.78, 5) is 189. The predicted molar refractivity (Wildman–Crippen MR) is 375 cm³/mol. The molecule has 2 bridgehead atoms. The number of carbonyl (C=O) groups is 13. The van der Waals surface area contributed by atoms with Crippen molar-refractivity contribution in [3.63, 3.8) is 0 Å². The summed E-state index contributed by atoms with van der Waals surface area (Å²) in [5.74, 6) is -13.5. The van der Waals surface area contributed by atoms with Gasteiger partial charge in [-0.25, -0.2) is 13.2 Å². The molecule has 0 saturated carbocycles. The molecule has 105 heavy (non-hydrogen) atoms. The Morgan fingerprint density at radius 2 is 1.40 bits per heavy atom. The number of rotatable bonds is 10. The summed E-state index contributed by atoms with van der Waals surface area (Å²) in [6.07, 6.45) is -2.30. The Labute approximate surface area is 603 Å². The number of carbonyl (C=O) groups excluding carboxylic acids is 13. The quantitative estimate of drug-likeness (QED) is 0.0949. The van der Waals surface area contributed by atoms with E-state index < -0.39 is 186 Å². The van der Waals surface area contributed by atoms with E-state index in [2.05, 4.69) is 52.8 Å². The number of allylic oxidation sites excluding steroid dienone is 1. The van der Waals surface area contributed by atoms with Crippen molar-refractivity contribution in [2.45, 2.75) is 171 Å². The first-order chi connectivity index (χ1) is 49.9. The number of amides is 12. The number of aliphatic hydroxyl groups excluding tert-OH is 1. The maximum absolute atomic E-state index is 16.2. The number of halogens is 3. The average Bonchev–Trinajstić information content (AvgIpc) is 1.68. The standard InChI is InChI=1S/C74H88F3N13O15/c1-38-61(93)32-47(30-48-36-81-55-22-19-50(76)34-54(48)55)67(98)85-59(31-44-16-15-43-17-18-49(75)33-53(43)44)71(102)89-37-51(77)35-60(89)69(100)88-62(40(3)91)70(101)86-58(28-42-13-20-52(105-6)21-14-42)72(103)90-27-9-24-74(90,5)73(104)87-56(63(78)94)12-8-25-79-65(96)45-10-7-11-46(29-45)66(97)80-26-23-57(84-41(4)92)68(99)83-39(2)64(95)82-38/h7,10-11,13-14,16-22,29,33-34,36,38-40,47,51,56-60,62,81,91H,8-9,12,15,23-28,30-32,35,37H2,1-6H3,(H2,78,94)(H,79,96)(H,80,97)(H,82,95)(H,83,99)(H,84,92)(H,85,98)(H,86,101)(H,87,104)(H,88,100)/t38-,39+,40+,47-,51+,56+,57+,58+,59+,60+,62+,74+/m1/s1. The SMILES string of the molecule is COc1ccc(C[C@@H]2NC(=O)[C@H]([C@H](C)O)NC(=O)[C@@H]3C[C@H](F)CN3C(=O)[C@H](CC3=CCc4ccc(F)cc43)NC(=O)[C@H](Cc3c[nH]c4ccc(F)cc34)CC(=O)[C@@H](C)NC(=O)[C@H](C)NC(=O)[C@@H](NC(C)=O)CCNC(=O)c3cccc(c3)C(=O)NCCC[C@@H](C(N)=O)NC(=O)[C@]3(C)CCCN3C2=O)cc1. The summed E-state index contributed by atoms with van der Waals surface area (Å²) in [5.41, 5.74) is 6.92. The van der Waals surface area contributed by atoms with Crippen LogP contribution in [0.4, 0.5) is 13.2 Å². The second kappa shape index (κ2) is 34.5. The van der Waals surface area contributed by atoms with Crippen molar-refractivity contribution in [3.8, 4) is 5.75 Å². The minimum Gasteiger partial charge on any atom is -0.497 e. The van der Waals surface area contributed by atoms with E-state index in [0.29, 0.717) is 44.5 Å². The fourth-order valence-electron chi connectivity index (χ4n) is 13.6. The second-order valence-electron chi connectivity index (χ2n) is 27.3. The van der Waals surface area contributed by atoms with Crippen LogP contribution in [0.25, 0.3) is 16.5 Å². The molecule has 4 heterocycles. The Morgan fingerprint density at radius 3 is 2.09 bits per heavy atom. The maximum Gasteiger partial charge on any atom is 0.251 e. The summed E-state index contributed by atoms with van der Waals surface area (Å²) in [6.45, 7) is 5.36. The molecule has 28 nitrogen and oxygen atoms in total. The minimum absolute atomic E-state index is 0.0252. The topological polar surface area (TPSA) is 408 Å². The Kier molecular flexibility index (Phi) is 25.7. The third-order valence-electron chi connectivity index (χ3n) is 19.5. The lowest BCUT2D eigenvalue weighted by Gasteiger charge is -2.37. The first-order valence-corrected chi connectivity index (χ1v) is 34.8. The molecule has 560 valence electrons. The number of ketones is 1. The Balaban J connectivity index is 1.04. The zero-order valence-electron chi connectivity index (χ0n) is 59.0. The number of aromatic amines is 1. The average molecular weight is 1460 g/mol. The third-order valence-corrected chi connectivity index (χ3v) is 19.5. The maximum atomic E-state index is 16.2. The number of hydrogen-bond acceptors (Lipinski definition) is 15. The Hall–Kier alpha value is -11.0. The molecule has 13 N–H and O–H groups in total. The summed E-state index contributed by atoms with van der Waals surface area (Å²) in [7, 11) is 1.44. The Bertz CT molecular complexity index is 4210. The number of nitrogens with two attached hydrogens (primary N) is 1. The molecule has 0 radical (unpaired) electrons. The number of nitrogens with one attached hydrogen (secondary N) is 10. The van der Waals surface area contributed by atoms with Gasteiger partial charge in [0.05, 0.1) is 25.8 Å². The lowest BCUT2D eigenvalue weighted by molar-refractivity contribution is -0.147. The van der Waals surface area contributed by atoms with E-state index in [1.807, 2.05) is 0 Å². The van der Waals surface area contributed by atoms with Crippen LogP contribution in [0.2, 0.25) is 0 Å². The van der Waals surface area contributed by atoms with Gasteiger partial charge >= 0.3 is 0 Å². The number of benzene rings is 4. The molecule has 12 amide bonds. The fraction of sp³-hybridized carbons (Fsp3) is 0.446. The van der Waals surface area contributed by atoms with Crippen molar-refractivity contribution in [1.82, 2.24) is 62.6 Å². The number of hydrogen-bond donors (Lipinski definition) is 12. The van der Waals surface area contributed by atoms with Crippen molar-refractivity contribution < 1.29 is 85.3 Å². The first-order valence-electron chi connectivity index (χ1n) is 34.8. The van der Waals surface area contributed by atoms with Gasteiger partial charge in [0.15, 0.2) is 5.78 Å². The molecule has 5 aromatic rings. The summed E-state index contributed by atoms with van der Waals surface area (Å²) in [6, 6.07) is 7.62. The van der Waals surface area contributed by atoms with E-state index in [0.717, 1.165) is 18.7 Å².